The lowest BCUT2D eigenvalue weighted by atomic mass is 10.1. The van der Waals surface area contributed by atoms with Crippen LogP contribution in [-0.2, 0) is 4.74 Å². The molecule has 2 N–H and O–H groups in total. The van der Waals surface area contributed by atoms with Crippen LogP contribution in [0.3, 0.4) is 0 Å². The molecule has 4 nitrogen and oxygen atoms in total. The summed E-state index contributed by atoms with van der Waals surface area (Å²) in [4.78, 5) is 4.59. The molecule has 0 saturated carbocycles. The number of nitrogens with zero attached hydrogens (tertiary/aromatic N) is 2. The lowest BCUT2D eigenvalue weighted by Crippen LogP contribution is -2.20. The molecule has 1 aromatic heterocycles. The van der Waals surface area contributed by atoms with E-state index in [0.717, 1.165) is 43.1 Å². The molecule has 4 heteroatoms. The standard InChI is InChI=1S/C13H17N3O/c1-9-15-12-8-10(14)2-3-13(12)16(9)11-4-6-17-7-5-11/h2-3,8,11H,4-7,14H2,1H3. The van der Waals surface area contributed by atoms with Crippen molar-refractivity contribution in [3.8, 4) is 0 Å². The molecule has 1 aliphatic rings. The van der Waals surface area contributed by atoms with Crippen LogP contribution in [0.2, 0.25) is 0 Å². The summed E-state index contributed by atoms with van der Waals surface area (Å²) in [5, 5.41) is 0. The van der Waals surface area contributed by atoms with Gasteiger partial charge in [0.2, 0.25) is 0 Å². The van der Waals surface area contributed by atoms with E-state index in [1.807, 2.05) is 12.1 Å². The zero-order valence-electron chi connectivity index (χ0n) is 10.0. The number of aryl methyl sites for hydroxylation is 1. The molecule has 0 radical (unpaired) electrons. The van der Waals surface area contributed by atoms with Gasteiger partial charge < -0.3 is 15.0 Å². The monoisotopic (exact) mass is 231 g/mol. The lowest BCUT2D eigenvalue weighted by molar-refractivity contribution is 0.0701. The fraction of sp³-hybridized carbons (Fsp3) is 0.462. The summed E-state index contributed by atoms with van der Waals surface area (Å²) in [6.07, 6.45) is 2.13. The first-order chi connectivity index (χ1) is 8.25. The highest BCUT2D eigenvalue weighted by molar-refractivity contribution is 5.79. The number of rotatable bonds is 1. The Morgan fingerprint density at radius 2 is 2.12 bits per heavy atom. The number of imidazole rings is 1. The van der Waals surface area contributed by atoms with Crippen LogP contribution in [0.4, 0.5) is 5.69 Å². The quantitative estimate of drug-likeness (QED) is 0.766. The Balaban J connectivity index is 2.11. The topological polar surface area (TPSA) is 53.1 Å². The first-order valence-electron chi connectivity index (χ1n) is 6.07. The molecule has 2 aromatic rings. The first-order valence-corrected chi connectivity index (χ1v) is 6.07. The molecule has 1 fully saturated rings. The van der Waals surface area contributed by atoms with E-state index in [1.165, 1.54) is 5.52 Å². The average Bonchev–Trinajstić information content (AvgIpc) is 2.65. The number of benzene rings is 1. The molecule has 0 aliphatic carbocycles. The Labute approximate surface area is 100 Å². The number of hydrogen-bond donors (Lipinski definition) is 1. The fourth-order valence-corrected chi connectivity index (χ4v) is 2.64. The summed E-state index contributed by atoms with van der Waals surface area (Å²) in [6.45, 7) is 3.75. The zero-order chi connectivity index (χ0) is 11.8. The molecule has 0 amide bonds. The Kier molecular flexibility index (Phi) is 2.52. The highest BCUT2D eigenvalue weighted by atomic mass is 16.5. The number of nitrogens with two attached hydrogens (primary N) is 1. The highest BCUT2D eigenvalue weighted by Crippen LogP contribution is 2.28. The Bertz CT molecular complexity index is 541. The van der Waals surface area contributed by atoms with Crippen LogP contribution in [-0.4, -0.2) is 22.8 Å². The molecule has 2 heterocycles. The summed E-state index contributed by atoms with van der Waals surface area (Å²) in [5.41, 5.74) is 8.74. The van der Waals surface area contributed by atoms with Gasteiger partial charge in [-0.3, -0.25) is 0 Å². The van der Waals surface area contributed by atoms with Gasteiger partial charge >= 0.3 is 0 Å². The van der Waals surface area contributed by atoms with E-state index in [1.54, 1.807) is 0 Å². The summed E-state index contributed by atoms with van der Waals surface area (Å²) < 4.78 is 7.75. The zero-order valence-corrected chi connectivity index (χ0v) is 10.0. The average molecular weight is 231 g/mol. The number of anilines is 1. The van der Waals surface area contributed by atoms with Gasteiger partial charge in [-0.05, 0) is 38.0 Å². The SMILES string of the molecule is Cc1nc2cc(N)ccc2n1C1CCOCC1. The molecule has 0 atom stereocenters. The summed E-state index contributed by atoms with van der Waals surface area (Å²) >= 11 is 0. The molecule has 0 unspecified atom stereocenters. The molecule has 1 saturated heterocycles. The number of ether oxygens (including phenoxy) is 1. The molecule has 90 valence electrons. The maximum absolute atomic E-state index is 5.79. The second-order valence-electron chi connectivity index (χ2n) is 4.62. The van der Waals surface area contributed by atoms with Crippen molar-refractivity contribution in [1.82, 2.24) is 9.55 Å². The van der Waals surface area contributed by atoms with Crippen LogP contribution in [0, 0.1) is 6.92 Å². The van der Waals surface area contributed by atoms with Crippen molar-refractivity contribution in [3.05, 3.63) is 24.0 Å². The number of hydrogen-bond acceptors (Lipinski definition) is 3. The van der Waals surface area contributed by atoms with Crippen LogP contribution in [0.25, 0.3) is 11.0 Å². The Morgan fingerprint density at radius 1 is 1.35 bits per heavy atom. The molecular weight excluding hydrogens is 214 g/mol. The van der Waals surface area contributed by atoms with E-state index >= 15 is 0 Å². The lowest BCUT2D eigenvalue weighted by Gasteiger charge is -2.25. The van der Waals surface area contributed by atoms with Gasteiger partial charge in [0.1, 0.15) is 5.82 Å². The third-order valence-electron chi connectivity index (χ3n) is 3.45. The van der Waals surface area contributed by atoms with E-state index in [4.69, 9.17) is 10.5 Å². The van der Waals surface area contributed by atoms with E-state index in [0.29, 0.717) is 6.04 Å². The summed E-state index contributed by atoms with van der Waals surface area (Å²) in [7, 11) is 0. The normalized spacial score (nSPS) is 17.7. The second kappa shape index (κ2) is 4.04. The second-order valence-corrected chi connectivity index (χ2v) is 4.62. The third kappa shape index (κ3) is 1.78. The van der Waals surface area contributed by atoms with Crippen molar-refractivity contribution in [3.63, 3.8) is 0 Å². The van der Waals surface area contributed by atoms with E-state index in [-0.39, 0.29) is 0 Å². The van der Waals surface area contributed by atoms with Gasteiger partial charge in [0, 0.05) is 24.9 Å². The molecule has 0 bridgehead atoms. The van der Waals surface area contributed by atoms with E-state index < -0.39 is 0 Å². The maximum atomic E-state index is 5.79. The molecular formula is C13H17N3O. The Morgan fingerprint density at radius 3 is 2.88 bits per heavy atom. The van der Waals surface area contributed by atoms with Crippen molar-refractivity contribution in [2.24, 2.45) is 0 Å². The Hall–Kier alpha value is -1.55. The maximum Gasteiger partial charge on any atom is 0.106 e. The predicted octanol–water partition coefficient (Wildman–Crippen LogP) is 2.28. The third-order valence-corrected chi connectivity index (χ3v) is 3.45. The smallest absolute Gasteiger partial charge is 0.106 e. The van der Waals surface area contributed by atoms with Gasteiger partial charge in [-0.2, -0.15) is 0 Å². The first kappa shape index (κ1) is 10.6. The number of nitrogen functional groups attached to an aromatic ring is 1. The van der Waals surface area contributed by atoms with Gasteiger partial charge in [-0.25, -0.2) is 4.98 Å². The van der Waals surface area contributed by atoms with Crippen molar-refractivity contribution in [2.45, 2.75) is 25.8 Å². The number of aromatic nitrogens is 2. The van der Waals surface area contributed by atoms with Gasteiger partial charge in [-0.15, -0.1) is 0 Å². The van der Waals surface area contributed by atoms with Gasteiger partial charge in [0.25, 0.3) is 0 Å². The summed E-state index contributed by atoms with van der Waals surface area (Å²) in [5.74, 6) is 1.07. The minimum atomic E-state index is 0.511. The van der Waals surface area contributed by atoms with Crippen LogP contribution in [0.1, 0.15) is 24.7 Å². The predicted molar refractivity (Wildman–Crippen MR) is 68.0 cm³/mol. The number of fused-ring (bicyclic) bond motifs is 1. The largest absolute Gasteiger partial charge is 0.399 e. The minimum Gasteiger partial charge on any atom is -0.399 e. The molecule has 0 spiro atoms. The van der Waals surface area contributed by atoms with Crippen LogP contribution < -0.4 is 5.73 Å². The van der Waals surface area contributed by atoms with Gasteiger partial charge in [0.05, 0.1) is 11.0 Å². The van der Waals surface area contributed by atoms with Gasteiger partial charge in [-0.1, -0.05) is 0 Å². The minimum absolute atomic E-state index is 0.511. The fourth-order valence-electron chi connectivity index (χ4n) is 2.64. The van der Waals surface area contributed by atoms with Crippen molar-refractivity contribution in [2.75, 3.05) is 18.9 Å². The highest BCUT2D eigenvalue weighted by Gasteiger charge is 2.19. The van der Waals surface area contributed by atoms with E-state index in [9.17, 15) is 0 Å². The van der Waals surface area contributed by atoms with Crippen molar-refractivity contribution in [1.29, 1.82) is 0 Å². The molecule has 1 aliphatic heterocycles. The summed E-state index contributed by atoms with van der Waals surface area (Å²) in [6, 6.07) is 6.47. The van der Waals surface area contributed by atoms with Crippen LogP contribution in [0.15, 0.2) is 18.2 Å². The van der Waals surface area contributed by atoms with Crippen LogP contribution in [0.5, 0.6) is 0 Å². The molecule has 3 rings (SSSR count). The van der Waals surface area contributed by atoms with Crippen molar-refractivity contribution < 1.29 is 4.74 Å². The van der Waals surface area contributed by atoms with E-state index in [2.05, 4.69) is 22.5 Å². The molecule has 17 heavy (non-hydrogen) atoms. The van der Waals surface area contributed by atoms with Crippen molar-refractivity contribution >= 4 is 16.7 Å². The van der Waals surface area contributed by atoms with Gasteiger partial charge in [0.15, 0.2) is 0 Å². The van der Waals surface area contributed by atoms with Crippen LogP contribution >= 0.6 is 0 Å². The molecule has 1 aromatic carbocycles.